The molecule has 0 saturated carbocycles. The Kier molecular flexibility index (Phi) is 4.76. The average molecular weight is 259 g/mol. The molecule has 0 aliphatic carbocycles. The maximum atomic E-state index is 11.2. The van der Waals surface area contributed by atoms with Crippen molar-refractivity contribution in [1.82, 2.24) is 10.2 Å². The first kappa shape index (κ1) is 13.4. The molecule has 1 amide bonds. The van der Waals surface area contributed by atoms with Crippen LogP contribution in [-0.4, -0.2) is 43.6 Å². The molecular weight excluding hydrogens is 242 g/mol. The third-order valence-electron chi connectivity index (χ3n) is 2.97. The van der Waals surface area contributed by atoms with E-state index in [-0.39, 0.29) is 5.91 Å². The zero-order chi connectivity index (χ0) is 13.5. The van der Waals surface area contributed by atoms with Gasteiger partial charge in [0.2, 0.25) is 5.91 Å². The number of hydrogen-bond acceptors (Lipinski definition) is 3. The Hall–Kier alpha value is -2.06. The number of carbonyl (C=O) groups is 1. The van der Waals surface area contributed by atoms with Gasteiger partial charge in [-0.05, 0) is 18.6 Å². The lowest BCUT2D eigenvalue weighted by molar-refractivity contribution is -0.124. The highest BCUT2D eigenvalue weighted by Gasteiger charge is 2.14. The Balaban J connectivity index is 1.66. The minimum atomic E-state index is 0.0990. The van der Waals surface area contributed by atoms with Gasteiger partial charge >= 0.3 is 0 Å². The summed E-state index contributed by atoms with van der Waals surface area (Å²) in [5.41, 5.74) is 0.617. The van der Waals surface area contributed by atoms with E-state index >= 15 is 0 Å². The topological polar surface area (TPSA) is 45.9 Å². The minimum Gasteiger partial charge on any atom is -0.494 e. The molecule has 0 atom stereocenters. The third-order valence-corrected chi connectivity index (χ3v) is 2.97. The van der Waals surface area contributed by atoms with Crippen LogP contribution in [0.1, 0.15) is 6.42 Å². The van der Waals surface area contributed by atoms with Gasteiger partial charge in [-0.2, -0.15) is 0 Å². The van der Waals surface area contributed by atoms with Gasteiger partial charge in [-0.1, -0.05) is 12.1 Å². The van der Waals surface area contributed by atoms with Gasteiger partial charge in [0.15, 0.2) is 5.69 Å². The summed E-state index contributed by atoms with van der Waals surface area (Å²) >= 11 is 0. The van der Waals surface area contributed by atoms with Crippen LogP contribution in [0, 0.1) is 6.57 Å². The molecule has 0 spiro atoms. The molecule has 0 aromatic heterocycles. The van der Waals surface area contributed by atoms with Crippen LogP contribution in [0.25, 0.3) is 4.85 Å². The van der Waals surface area contributed by atoms with E-state index < -0.39 is 0 Å². The standard InChI is InChI=1S/C14H17N3O2/c1-15-12-3-5-13(6-4-12)19-10-2-8-17-9-7-16-14(18)11-17/h3-6H,2,7-11H2,(H,16,18). The molecule has 2 rings (SSSR count). The molecule has 1 aromatic carbocycles. The smallest absolute Gasteiger partial charge is 0.234 e. The number of hydrogen-bond donors (Lipinski definition) is 1. The van der Waals surface area contributed by atoms with E-state index in [2.05, 4.69) is 15.1 Å². The summed E-state index contributed by atoms with van der Waals surface area (Å²) in [4.78, 5) is 16.6. The van der Waals surface area contributed by atoms with Gasteiger partial charge in [-0.3, -0.25) is 9.69 Å². The normalized spacial score (nSPS) is 15.6. The molecule has 5 nitrogen and oxygen atoms in total. The predicted molar refractivity (Wildman–Crippen MR) is 72.3 cm³/mol. The molecule has 100 valence electrons. The first-order valence-electron chi connectivity index (χ1n) is 6.37. The minimum absolute atomic E-state index is 0.0990. The molecule has 0 unspecified atom stereocenters. The highest BCUT2D eigenvalue weighted by atomic mass is 16.5. The van der Waals surface area contributed by atoms with Crippen LogP contribution in [0.3, 0.4) is 0 Å². The summed E-state index contributed by atoms with van der Waals surface area (Å²) in [5.74, 6) is 0.880. The first-order chi connectivity index (χ1) is 9.28. The predicted octanol–water partition coefficient (Wildman–Crippen LogP) is 1.44. The summed E-state index contributed by atoms with van der Waals surface area (Å²) in [7, 11) is 0. The molecule has 1 saturated heterocycles. The second-order valence-corrected chi connectivity index (χ2v) is 4.43. The maximum absolute atomic E-state index is 11.2. The van der Waals surface area contributed by atoms with Crippen molar-refractivity contribution in [2.75, 3.05) is 32.8 Å². The van der Waals surface area contributed by atoms with E-state index in [4.69, 9.17) is 11.3 Å². The zero-order valence-corrected chi connectivity index (χ0v) is 10.8. The van der Waals surface area contributed by atoms with Crippen LogP contribution in [0.2, 0.25) is 0 Å². The van der Waals surface area contributed by atoms with Crippen LogP contribution < -0.4 is 10.1 Å². The lowest BCUT2D eigenvalue weighted by atomic mass is 10.3. The summed E-state index contributed by atoms with van der Waals surface area (Å²) in [5, 5.41) is 2.80. The van der Waals surface area contributed by atoms with Gasteiger partial charge in [0.05, 0.1) is 19.7 Å². The Morgan fingerprint density at radius 3 is 2.84 bits per heavy atom. The number of ether oxygens (including phenoxy) is 1. The number of benzene rings is 1. The van der Waals surface area contributed by atoms with E-state index in [1.807, 2.05) is 12.1 Å². The monoisotopic (exact) mass is 259 g/mol. The van der Waals surface area contributed by atoms with Gasteiger partial charge in [0.1, 0.15) is 5.75 Å². The van der Waals surface area contributed by atoms with Crippen molar-refractivity contribution in [3.05, 3.63) is 35.7 Å². The van der Waals surface area contributed by atoms with Gasteiger partial charge in [-0.15, -0.1) is 0 Å². The molecule has 0 bridgehead atoms. The quantitative estimate of drug-likeness (QED) is 0.643. The SMILES string of the molecule is [C-]#[N+]c1ccc(OCCCN2CCNC(=O)C2)cc1. The molecule has 1 aromatic rings. The molecule has 1 heterocycles. The van der Waals surface area contributed by atoms with Crippen molar-refractivity contribution in [1.29, 1.82) is 0 Å². The zero-order valence-electron chi connectivity index (χ0n) is 10.8. The van der Waals surface area contributed by atoms with E-state index in [9.17, 15) is 4.79 Å². The second kappa shape index (κ2) is 6.76. The number of nitrogens with one attached hydrogen (secondary N) is 1. The molecule has 0 radical (unpaired) electrons. The fourth-order valence-electron chi connectivity index (χ4n) is 1.98. The van der Waals surface area contributed by atoms with Crippen molar-refractivity contribution in [3.8, 4) is 5.75 Å². The van der Waals surface area contributed by atoms with Gasteiger partial charge in [0.25, 0.3) is 0 Å². The Labute approximate surface area is 113 Å². The van der Waals surface area contributed by atoms with Crippen molar-refractivity contribution in [3.63, 3.8) is 0 Å². The van der Waals surface area contributed by atoms with Crippen molar-refractivity contribution < 1.29 is 9.53 Å². The van der Waals surface area contributed by atoms with Gasteiger partial charge in [-0.25, -0.2) is 4.85 Å². The van der Waals surface area contributed by atoms with E-state index in [1.165, 1.54) is 0 Å². The molecule has 19 heavy (non-hydrogen) atoms. The van der Waals surface area contributed by atoms with Crippen molar-refractivity contribution in [2.24, 2.45) is 0 Å². The third kappa shape index (κ3) is 4.27. The van der Waals surface area contributed by atoms with Crippen LogP contribution in [0.5, 0.6) is 5.75 Å². The Morgan fingerprint density at radius 1 is 1.37 bits per heavy atom. The number of carbonyl (C=O) groups excluding carboxylic acids is 1. The first-order valence-corrected chi connectivity index (χ1v) is 6.37. The summed E-state index contributed by atoms with van der Waals surface area (Å²) in [6.45, 7) is 10.5. The second-order valence-electron chi connectivity index (χ2n) is 4.43. The molecular formula is C14H17N3O2. The lowest BCUT2D eigenvalue weighted by Gasteiger charge is -2.26. The van der Waals surface area contributed by atoms with Gasteiger partial charge in [0, 0.05) is 19.6 Å². The highest BCUT2D eigenvalue weighted by Crippen LogP contribution is 2.17. The average Bonchev–Trinajstić information content (AvgIpc) is 2.44. The largest absolute Gasteiger partial charge is 0.494 e. The molecule has 1 fully saturated rings. The van der Waals surface area contributed by atoms with Crippen LogP contribution in [-0.2, 0) is 4.79 Å². The molecule has 5 heteroatoms. The lowest BCUT2D eigenvalue weighted by Crippen LogP contribution is -2.47. The summed E-state index contributed by atoms with van der Waals surface area (Å²) < 4.78 is 5.59. The Morgan fingerprint density at radius 2 is 2.16 bits per heavy atom. The summed E-state index contributed by atoms with van der Waals surface area (Å²) in [6.07, 6.45) is 0.887. The number of piperazine rings is 1. The number of amides is 1. The highest BCUT2D eigenvalue weighted by molar-refractivity contribution is 5.78. The number of nitrogens with zero attached hydrogens (tertiary/aromatic N) is 2. The van der Waals surface area contributed by atoms with Crippen molar-refractivity contribution in [2.45, 2.75) is 6.42 Å². The number of rotatable bonds is 5. The van der Waals surface area contributed by atoms with Crippen LogP contribution >= 0.6 is 0 Å². The van der Waals surface area contributed by atoms with Crippen LogP contribution in [0.4, 0.5) is 5.69 Å². The summed E-state index contributed by atoms with van der Waals surface area (Å²) in [6, 6.07) is 7.11. The van der Waals surface area contributed by atoms with Gasteiger partial charge < -0.3 is 10.1 Å². The van der Waals surface area contributed by atoms with E-state index in [0.717, 1.165) is 31.8 Å². The molecule has 1 aliphatic heterocycles. The van der Waals surface area contributed by atoms with E-state index in [1.54, 1.807) is 12.1 Å². The van der Waals surface area contributed by atoms with Crippen LogP contribution in [0.15, 0.2) is 24.3 Å². The fraction of sp³-hybridized carbons (Fsp3) is 0.429. The molecule has 1 aliphatic rings. The Bertz CT molecular complexity index is 465. The molecule has 1 N–H and O–H groups in total. The van der Waals surface area contributed by atoms with E-state index in [0.29, 0.717) is 18.8 Å². The fourth-order valence-corrected chi connectivity index (χ4v) is 1.98. The maximum Gasteiger partial charge on any atom is 0.234 e. The van der Waals surface area contributed by atoms with Crippen molar-refractivity contribution >= 4 is 11.6 Å².